The SMILES string of the molecule is CC(Oc1ccc(Br)cc1)C(=O)N1CCCO1. The summed E-state index contributed by atoms with van der Waals surface area (Å²) in [5, 5.41) is 1.38. The molecular formula is C12H14BrNO3. The van der Waals surface area contributed by atoms with Crippen LogP contribution < -0.4 is 4.74 Å². The second kappa shape index (κ2) is 5.51. The zero-order valence-electron chi connectivity index (χ0n) is 9.56. The van der Waals surface area contributed by atoms with E-state index in [-0.39, 0.29) is 5.91 Å². The van der Waals surface area contributed by atoms with Crippen LogP contribution in [0.1, 0.15) is 13.3 Å². The summed E-state index contributed by atoms with van der Waals surface area (Å²) in [7, 11) is 0. The Balaban J connectivity index is 1.93. The number of ether oxygens (including phenoxy) is 1. The number of nitrogens with zero attached hydrogens (tertiary/aromatic N) is 1. The molecule has 92 valence electrons. The molecule has 1 amide bonds. The molecule has 0 N–H and O–H groups in total. The van der Waals surface area contributed by atoms with Crippen molar-refractivity contribution in [3.8, 4) is 5.75 Å². The molecule has 17 heavy (non-hydrogen) atoms. The predicted molar refractivity (Wildman–Crippen MR) is 66.5 cm³/mol. The van der Waals surface area contributed by atoms with E-state index < -0.39 is 6.10 Å². The molecule has 1 unspecified atom stereocenters. The maximum Gasteiger partial charge on any atom is 0.286 e. The number of carbonyl (C=O) groups is 1. The Morgan fingerprint density at radius 1 is 1.47 bits per heavy atom. The summed E-state index contributed by atoms with van der Waals surface area (Å²) in [5.74, 6) is 0.540. The van der Waals surface area contributed by atoms with Crippen LogP contribution in [-0.2, 0) is 9.63 Å². The number of amides is 1. The molecule has 1 aromatic rings. The second-order valence-corrected chi connectivity index (χ2v) is 4.76. The standard InChI is InChI=1S/C12H14BrNO3/c1-9(12(15)14-7-2-8-16-14)17-11-5-3-10(13)4-6-11/h3-6,9H,2,7-8H2,1H3. The first-order chi connectivity index (χ1) is 8.16. The van der Waals surface area contributed by atoms with E-state index in [0.29, 0.717) is 18.9 Å². The van der Waals surface area contributed by atoms with Crippen molar-refractivity contribution < 1.29 is 14.4 Å². The topological polar surface area (TPSA) is 38.8 Å². The summed E-state index contributed by atoms with van der Waals surface area (Å²) in [4.78, 5) is 17.1. The van der Waals surface area contributed by atoms with Crippen molar-refractivity contribution in [2.45, 2.75) is 19.4 Å². The van der Waals surface area contributed by atoms with Gasteiger partial charge in [0.2, 0.25) is 0 Å². The fraction of sp³-hybridized carbons (Fsp3) is 0.417. The first-order valence-corrected chi connectivity index (χ1v) is 6.32. The van der Waals surface area contributed by atoms with Gasteiger partial charge in [-0.25, -0.2) is 5.06 Å². The van der Waals surface area contributed by atoms with Gasteiger partial charge in [-0.1, -0.05) is 15.9 Å². The molecular weight excluding hydrogens is 286 g/mol. The zero-order valence-corrected chi connectivity index (χ0v) is 11.1. The molecule has 0 spiro atoms. The molecule has 1 heterocycles. The average molecular weight is 300 g/mol. The maximum atomic E-state index is 11.9. The highest BCUT2D eigenvalue weighted by Crippen LogP contribution is 2.18. The van der Waals surface area contributed by atoms with E-state index in [2.05, 4.69) is 15.9 Å². The minimum absolute atomic E-state index is 0.134. The summed E-state index contributed by atoms with van der Waals surface area (Å²) in [5.41, 5.74) is 0. The Kier molecular flexibility index (Phi) is 4.02. The zero-order chi connectivity index (χ0) is 12.3. The Morgan fingerprint density at radius 3 is 2.76 bits per heavy atom. The summed E-state index contributed by atoms with van der Waals surface area (Å²) in [6, 6.07) is 7.38. The smallest absolute Gasteiger partial charge is 0.286 e. The van der Waals surface area contributed by atoms with Crippen molar-refractivity contribution in [2.24, 2.45) is 0 Å². The molecule has 1 aliphatic heterocycles. The molecule has 1 fully saturated rings. The van der Waals surface area contributed by atoms with Crippen LogP contribution in [0.15, 0.2) is 28.7 Å². The molecule has 0 bridgehead atoms. The van der Waals surface area contributed by atoms with Crippen LogP contribution in [0, 0.1) is 0 Å². The molecule has 0 saturated carbocycles. The summed E-state index contributed by atoms with van der Waals surface area (Å²) >= 11 is 3.34. The quantitative estimate of drug-likeness (QED) is 0.860. The van der Waals surface area contributed by atoms with E-state index in [1.54, 1.807) is 6.92 Å². The van der Waals surface area contributed by atoms with Gasteiger partial charge in [0, 0.05) is 4.47 Å². The Morgan fingerprint density at radius 2 is 2.18 bits per heavy atom. The monoisotopic (exact) mass is 299 g/mol. The summed E-state index contributed by atoms with van der Waals surface area (Å²) in [6.45, 7) is 2.98. The number of halogens is 1. The molecule has 4 nitrogen and oxygen atoms in total. The third kappa shape index (κ3) is 3.20. The number of rotatable bonds is 3. The van der Waals surface area contributed by atoms with Gasteiger partial charge in [-0.3, -0.25) is 9.63 Å². The van der Waals surface area contributed by atoms with Gasteiger partial charge in [-0.2, -0.15) is 0 Å². The highest BCUT2D eigenvalue weighted by molar-refractivity contribution is 9.10. The number of carbonyl (C=O) groups excluding carboxylic acids is 1. The third-order valence-corrected chi connectivity index (χ3v) is 3.00. The number of hydrogen-bond donors (Lipinski definition) is 0. The van der Waals surface area contributed by atoms with Crippen LogP contribution in [0.3, 0.4) is 0 Å². The molecule has 1 saturated heterocycles. The third-order valence-electron chi connectivity index (χ3n) is 2.47. The van der Waals surface area contributed by atoms with Gasteiger partial charge in [0.1, 0.15) is 5.75 Å². The minimum atomic E-state index is -0.533. The molecule has 0 radical (unpaired) electrons. The Bertz CT molecular complexity index is 387. The molecule has 5 heteroatoms. The highest BCUT2D eigenvalue weighted by atomic mass is 79.9. The summed E-state index contributed by atoms with van der Waals surface area (Å²) < 4.78 is 6.53. The van der Waals surface area contributed by atoms with E-state index in [0.717, 1.165) is 10.9 Å². The van der Waals surface area contributed by atoms with Gasteiger partial charge in [0.15, 0.2) is 6.10 Å². The normalized spacial score (nSPS) is 16.9. The van der Waals surface area contributed by atoms with Crippen LogP contribution in [0.5, 0.6) is 5.75 Å². The van der Waals surface area contributed by atoms with Crippen LogP contribution in [0.2, 0.25) is 0 Å². The van der Waals surface area contributed by atoms with Gasteiger partial charge in [-0.05, 0) is 37.6 Å². The number of benzene rings is 1. The molecule has 1 atom stereocenters. The van der Waals surface area contributed by atoms with Crippen molar-refractivity contribution in [1.29, 1.82) is 0 Å². The van der Waals surface area contributed by atoms with Crippen molar-refractivity contribution in [3.63, 3.8) is 0 Å². The first kappa shape index (κ1) is 12.4. The van der Waals surface area contributed by atoms with Crippen LogP contribution >= 0.6 is 15.9 Å². The van der Waals surface area contributed by atoms with E-state index in [9.17, 15) is 4.79 Å². The molecule has 0 aliphatic carbocycles. The van der Waals surface area contributed by atoms with Gasteiger partial charge < -0.3 is 4.74 Å². The number of hydroxylamine groups is 2. The van der Waals surface area contributed by atoms with Crippen LogP contribution in [0.25, 0.3) is 0 Å². The lowest BCUT2D eigenvalue weighted by atomic mass is 10.3. The number of hydrogen-bond acceptors (Lipinski definition) is 3. The van der Waals surface area contributed by atoms with Crippen LogP contribution in [-0.4, -0.2) is 30.2 Å². The van der Waals surface area contributed by atoms with Gasteiger partial charge in [-0.15, -0.1) is 0 Å². The lowest BCUT2D eigenvalue weighted by Gasteiger charge is -2.19. The van der Waals surface area contributed by atoms with Crippen LogP contribution in [0.4, 0.5) is 0 Å². The molecule has 1 aromatic carbocycles. The summed E-state index contributed by atoms with van der Waals surface area (Å²) in [6.07, 6.45) is 0.353. The average Bonchev–Trinajstić information content (AvgIpc) is 2.84. The second-order valence-electron chi connectivity index (χ2n) is 3.84. The van der Waals surface area contributed by atoms with E-state index in [1.165, 1.54) is 5.06 Å². The van der Waals surface area contributed by atoms with E-state index in [4.69, 9.17) is 9.57 Å². The molecule has 2 rings (SSSR count). The lowest BCUT2D eigenvalue weighted by molar-refractivity contribution is -0.175. The van der Waals surface area contributed by atoms with Gasteiger partial charge in [0.05, 0.1) is 13.2 Å². The predicted octanol–water partition coefficient (Wildman–Crippen LogP) is 2.38. The fourth-order valence-corrected chi connectivity index (χ4v) is 1.86. The first-order valence-electron chi connectivity index (χ1n) is 5.53. The molecule has 0 aromatic heterocycles. The van der Waals surface area contributed by atoms with Crippen molar-refractivity contribution in [2.75, 3.05) is 13.2 Å². The maximum absolute atomic E-state index is 11.9. The largest absolute Gasteiger partial charge is 0.481 e. The Labute approximate surface area is 109 Å². The minimum Gasteiger partial charge on any atom is -0.481 e. The fourth-order valence-electron chi connectivity index (χ4n) is 1.59. The molecule has 1 aliphatic rings. The van der Waals surface area contributed by atoms with E-state index >= 15 is 0 Å². The van der Waals surface area contributed by atoms with Gasteiger partial charge in [0.25, 0.3) is 5.91 Å². The van der Waals surface area contributed by atoms with Crippen molar-refractivity contribution in [3.05, 3.63) is 28.7 Å². The van der Waals surface area contributed by atoms with Crippen molar-refractivity contribution in [1.82, 2.24) is 5.06 Å². The highest BCUT2D eigenvalue weighted by Gasteiger charge is 2.25. The van der Waals surface area contributed by atoms with Gasteiger partial charge >= 0.3 is 0 Å². The van der Waals surface area contributed by atoms with E-state index in [1.807, 2.05) is 24.3 Å². The van der Waals surface area contributed by atoms with Crippen molar-refractivity contribution >= 4 is 21.8 Å². The lowest BCUT2D eigenvalue weighted by Crippen LogP contribution is -2.37. The Hall–Kier alpha value is -1.07.